The summed E-state index contributed by atoms with van der Waals surface area (Å²) >= 11 is 6.41. The first kappa shape index (κ1) is 24.6. The zero-order chi connectivity index (χ0) is 23.3. The number of halogens is 2. The smallest absolute Gasteiger partial charge is 0.343 e. The molecule has 0 aliphatic carbocycles. The lowest BCUT2D eigenvalue weighted by Gasteiger charge is -2.14. The van der Waals surface area contributed by atoms with Gasteiger partial charge in [-0.05, 0) is 76.7 Å². The van der Waals surface area contributed by atoms with Crippen molar-refractivity contribution in [2.75, 3.05) is 20.3 Å². The summed E-state index contributed by atoms with van der Waals surface area (Å²) in [5.74, 6) is -0.0141. The topological polar surface area (TPSA) is 82.1 Å². The van der Waals surface area contributed by atoms with E-state index < -0.39 is 5.97 Å². The fourth-order valence-corrected chi connectivity index (χ4v) is 4.88. The van der Waals surface area contributed by atoms with Crippen LogP contribution in [0.2, 0.25) is 0 Å². The standard InChI is InChI=1S/C22H19BrINO6S/c1-3-30-17-9-13(8-16(24)20(17)31-12-19(26)29-2)10-18-21(27)25(22(28)32-18)11-14-6-4-5-7-15(14)23/h4-10H,3,11-12H2,1-2H3/b18-10+. The molecular weight excluding hydrogens is 613 g/mol. The maximum Gasteiger partial charge on any atom is 0.343 e. The second-order valence-corrected chi connectivity index (χ2v) is 9.50. The Balaban J connectivity index is 1.85. The summed E-state index contributed by atoms with van der Waals surface area (Å²) in [6.07, 6.45) is 1.65. The monoisotopic (exact) mass is 631 g/mol. The van der Waals surface area contributed by atoms with Crippen LogP contribution in [0.25, 0.3) is 6.08 Å². The summed E-state index contributed by atoms with van der Waals surface area (Å²) in [5.41, 5.74) is 1.52. The molecule has 0 bridgehead atoms. The Morgan fingerprint density at radius 2 is 1.97 bits per heavy atom. The third-order valence-electron chi connectivity index (χ3n) is 4.35. The van der Waals surface area contributed by atoms with Crippen molar-refractivity contribution in [2.24, 2.45) is 0 Å². The summed E-state index contributed by atoms with van der Waals surface area (Å²) in [5, 5.41) is -0.324. The van der Waals surface area contributed by atoms with Gasteiger partial charge >= 0.3 is 5.97 Å². The van der Waals surface area contributed by atoms with E-state index in [1.54, 1.807) is 18.2 Å². The SMILES string of the molecule is CCOc1cc(/C=C2/SC(=O)N(Cc3ccccc3Br)C2=O)cc(I)c1OCC(=O)OC. The fourth-order valence-electron chi connectivity index (χ4n) is 2.85. The zero-order valence-electron chi connectivity index (χ0n) is 17.2. The number of thioether (sulfide) groups is 1. The first-order chi connectivity index (χ1) is 15.3. The predicted molar refractivity (Wildman–Crippen MR) is 133 cm³/mol. The molecule has 10 heteroatoms. The van der Waals surface area contributed by atoms with Gasteiger partial charge in [-0.15, -0.1) is 0 Å². The van der Waals surface area contributed by atoms with Crippen molar-refractivity contribution < 1.29 is 28.6 Å². The highest BCUT2D eigenvalue weighted by atomic mass is 127. The van der Waals surface area contributed by atoms with Crippen molar-refractivity contribution in [3.8, 4) is 11.5 Å². The lowest BCUT2D eigenvalue weighted by Crippen LogP contribution is -2.27. The molecule has 0 spiro atoms. The van der Waals surface area contributed by atoms with Gasteiger partial charge in [0.1, 0.15) is 0 Å². The van der Waals surface area contributed by atoms with Crippen LogP contribution in [-0.2, 0) is 20.9 Å². The van der Waals surface area contributed by atoms with Gasteiger partial charge in [-0.3, -0.25) is 14.5 Å². The first-order valence-corrected chi connectivity index (χ1v) is 12.2. The van der Waals surface area contributed by atoms with Gasteiger partial charge in [0.05, 0.1) is 28.7 Å². The number of methoxy groups -OCH3 is 1. The Morgan fingerprint density at radius 1 is 1.22 bits per heavy atom. The molecule has 2 aromatic rings. The van der Waals surface area contributed by atoms with Crippen molar-refractivity contribution in [2.45, 2.75) is 13.5 Å². The van der Waals surface area contributed by atoms with Crippen LogP contribution in [0.4, 0.5) is 4.79 Å². The van der Waals surface area contributed by atoms with Crippen molar-refractivity contribution in [1.29, 1.82) is 0 Å². The number of hydrogen-bond donors (Lipinski definition) is 0. The van der Waals surface area contributed by atoms with Gasteiger partial charge in [-0.1, -0.05) is 34.1 Å². The lowest BCUT2D eigenvalue weighted by atomic mass is 10.1. The van der Waals surface area contributed by atoms with E-state index in [2.05, 4.69) is 43.3 Å². The molecule has 1 heterocycles. The molecule has 0 N–H and O–H groups in total. The van der Waals surface area contributed by atoms with Crippen LogP contribution < -0.4 is 9.47 Å². The number of esters is 1. The molecule has 0 atom stereocenters. The number of benzene rings is 2. The molecule has 0 aromatic heterocycles. The lowest BCUT2D eigenvalue weighted by molar-refractivity contribution is -0.143. The highest BCUT2D eigenvalue weighted by molar-refractivity contribution is 14.1. The molecule has 32 heavy (non-hydrogen) atoms. The number of rotatable bonds is 8. The van der Waals surface area contributed by atoms with Crippen LogP contribution >= 0.6 is 50.3 Å². The van der Waals surface area contributed by atoms with Crippen LogP contribution in [0.5, 0.6) is 11.5 Å². The van der Waals surface area contributed by atoms with E-state index in [0.29, 0.717) is 32.1 Å². The molecule has 3 rings (SSSR count). The fraction of sp³-hybridized carbons (Fsp3) is 0.227. The minimum atomic E-state index is -0.508. The number of carbonyl (C=O) groups excluding carboxylic acids is 3. The molecule has 1 aliphatic heterocycles. The van der Waals surface area contributed by atoms with Crippen LogP contribution in [0.1, 0.15) is 18.1 Å². The van der Waals surface area contributed by atoms with Gasteiger partial charge in [0, 0.05) is 4.47 Å². The maximum absolute atomic E-state index is 12.9. The van der Waals surface area contributed by atoms with Crippen LogP contribution in [0, 0.1) is 3.57 Å². The molecule has 7 nitrogen and oxygen atoms in total. The number of imide groups is 1. The largest absolute Gasteiger partial charge is 0.490 e. The molecule has 0 unspecified atom stereocenters. The normalized spacial score (nSPS) is 14.8. The number of carbonyl (C=O) groups is 3. The minimum absolute atomic E-state index is 0.186. The third-order valence-corrected chi connectivity index (χ3v) is 6.83. The number of amides is 2. The zero-order valence-corrected chi connectivity index (χ0v) is 21.8. The van der Waals surface area contributed by atoms with E-state index in [4.69, 9.17) is 9.47 Å². The average molecular weight is 632 g/mol. The summed E-state index contributed by atoms with van der Waals surface area (Å²) in [4.78, 5) is 38.4. The Kier molecular flexibility index (Phi) is 8.60. The molecule has 0 radical (unpaired) electrons. The van der Waals surface area contributed by atoms with E-state index in [-0.39, 0.29) is 24.3 Å². The molecule has 2 aromatic carbocycles. The van der Waals surface area contributed by atoms with Crippen molar-refractivity contribution in [3.63, 3.8) is 0 Å². The molecule has 1 saturated heterocycles. The van der Waals surface area contributed by atoms with E-state index in [1.165, 1.54) is 12.0 Å². The van der Waals surface area contributed by atoms with E-state index >= 15 is 0 Å². The Hall–Kier alpha value is -2.05. The molecule has 1 aliphatic rings. The van der Waals surface area contributed by atoms with Crippen molar-refractivity contribution in [1.82, 2.24) is 4.90 Å². The van der Waals surface area contributed by atoms with Gasteiger partial charge in [-0.25, -0.2) is 4.79 Å². The van der Waals surface area contributed by atoms with Gasteiger partial charge in [0.25, 0.3) is 11.1 Å². The first-order valence-electron chi connectivity index (χ1n) is 9.48. The van der Waals surface area contributed by atoms with Crippen molar-refractivity contribution >= 4 is 73.5 Å². The summed E-state index contributed by atoms with van der Waals surface area (Å²) < 4.78 is 17.4. The van der Waals surface area contributed by atoms with E-state index in [1.807, 2.05) is 31.2 Å². The predicted octanol–water partition coefficient (Wildman–Crippen LogP) is 5.24. The van der Waals surface area contributed by atoms with Gasteiger partial charge in [0.15, 0.2) is 18.1 Å². The highest BCUT2D eigenvalue weighted by Gasteiger charge is 2.35. The van der Waals surface area contributed by atoms with Crippen LogP contribution in [-0.4, -0.2) is 42.3 Å². The summed E-state index contributed by atoms with van der Waals surface area (Å²) in [6.45, 7) is 2.15. The van der Waals surface area contributed by atoms with E-state index in [9.17, 15) is 14.4 Å². The second-order valence-electron chi connectivity index (χ2n) is 6.49. The van der Waals surface area contributed by atoms with Crippen molar-refractivity contribution in [3.05, 3.63) is 60.5 Å². The number of hydrogen-bond acceptors (Lipinski definition) is 7. The number of nitrogens with zero attached hydrogens (tertiary/aromatic N) is 1. The molecular formula is C22H19BrINO6S. The minimum Gasteiger partial charge on any atom is -0.490 e. The highest BCUT2D eigenvalue weighted by Crippen LogP contribution is 2.38. The number of ether oxygens (including phenoxy) is 3. The summed E-state index contributed by atoms with van der Waals surface area (Å²) in [7, 11) is 1.28. The third kappa shape index (κ3) is 5.84. The molecule has 0 saturated carbocycles. The van der Waals surface area contributed by atoms with Crippen LogP contribution in [0.15, 0.2) is 45.8 Å². The van der Waals surface area contributed by atoms with Gasteiger partial charge in [0.2, 0.25) is 0 Å². The summed E-state index contributed by atoms with van der Waals surface area (Å²) in [6, 6.07) is 11.0. The molecule has 1 fully saturated rings. The van der Waals surface area contributed by atoms with E-state index in [0.717, 1.165) is 21.8 Å². The Bertz CT molecular complexity index is 1090. The average Bonchev–Trinajstić information content (AvgIpc) is 3.02. The Labute approximate surface area is 211 Å². The Morgan fingerprint density at radius 3 is 2.66 bits per heavy atom. The second kappa shape index (κ2) is 11.2. The van der Waals surface area contributed by atoms with Gasteiger partial charge < -0.3 is 14.2 Å². The quantitative estimate of drug-likeness (QED) is 0.224. The molecule has 2 amide bonds. The van der Waals surface area contributed by atoms with Gasteiger partial charge in [-0.2, -0.15) is 0 Å². The molecule has 168 valence electrons. The van der Waals surface area contributed by atoms with Crippen LogP contribution in [0.3, 0.4) is 0 Å². The maximum atomic E-state index is 12.9.